The van der Waals surface area contributed by atoms with Crippen molar-refractivity contribution in [3.8, 4) is 11.5 Å². The van der Waals surface area contributed by atoms with Crippen molar-refractivity contribution in [3.63, 3.8) is 0 Å². The number of aryl methyl sites for hydroxylation is 2. The zero-order chi connectivity index (χ0) is 33.5. The average molecular weight is 681 g/mol. The van der Waals surface area contributed by atoms with Crippen LogP contribution in [0.25, 0.3) is 0 Å². The number of hydrogen-bond donors (Lipinski definition) is 1. The average Bonchev–Trinajstić information content (AvgIpc) is 3.89. The lowest BCUT2D eigenvalue weighted by Crippen LogP contribution is -2.29. The predicted molar refractivity (Wildman–Crippen MR) is 188 cm³/mol. The number of nitrogens with one attached hydrogen (secondary N) is 1. The van der Waals surface area contributed by atoms with Gasteiger partial charge in [0, 0.05) is 24.1 Å². The van der Waals surface area contributed by atoms with Gasteiger partial charge in [0.05, 0.1) is 43.1 Å². The van der Waals surface area contributed by atoms with E-state index < -0.39 is 0 Å². The number of methoxy groups -OCH3 is 2. The van der Waals surface area contributed by atoms with Gasteiger partial charge in [-0.25, -0.2) is 5.01 Å². The molecule has 2 aromatic heterocycles. The summed E-state index contributed by atoms with van der Waals surface area (Å²) in [6.07, 6.45) is 1.27. The number of benzene rings is 3. The zero-order valence-corrected chi connectivity index (χ0v) is 28.6. The molecule has 1 aliphatic heterocycles. The summed E-state index contributed by atoms with van der Waals surface area (Å²) < 4.78 is 13.3. The highest BCUT2D eigenvalue weighted by molar-refractivity contribution is 7.99. The van der Waals surface area contributed by atoms with E-state index in [4.69, 9.17) is 14.6 Å². The van der Waals surface area contributed by atoms with Gasteiger partial charge in [-0.1, -0.05) is 78.0 Å². The molecule has 3 aromatic carbocycles. The summed E-state index contributed by atoms with van der Waals surface area (Å²) in [7, 11) is 3.20. The van der Waals surface area contributed by atoms with Crippen molar-refractivity contribution in [2.45, 2.75) is 44.1 Å². The van der Waals surface area contributed by atoms with Gasteiger partial charge in [0.2, 0.25) is 0 Å². The van der Waals surface area contributed by atoms with E-state index in [0.29, 0.717) is 41.0 Å². The maximum atomic E-state index is 14.0. The van der Waals surface area contributed by atoms with Gasteiger partial charge in [-0.05, 0) is 48.6 Å². The van der Waals surface area contributed by atoms with E-state index in [1.165, 1.54) is 11.8 Å². The van der Waals surface area contributed by atoms with Gasteiger partial charge >= 0.3 is 0 Å². The molecule has 5 aromatic rings. The van der Waals surface area contributed by atoms with Crippen LogP contribution in [0.1, 0.15) is 50.2 Å². The summed E-state index contributed by atoms with van der Waals surface area (Å²) in [5.41, 5.74) is 4.42. The third kappa shape index (κ3) is 7.45. The van der Waals surface area contributed by atoms with Crippen LogP contribution in [-0.2, 0) is 24.3 Å². The second kappa shape index (κ2) is 15.3. The van der Waals surface area contributed by atoms with E-state index in [-0.39, 0.29) is 30.2 Å². The molecule has 1 N–H and O–H groups in total. The van der Waals surface area contributed by atoms with E-state index >= 15 is 0 Å². The highest BCUT2D eigenvalue weighted by Gasteiger charge is 2.36. The fourth-order valence-corrected chi connectivity index (χ4v) is 7.21. The monoisotopic (exact) mass is 680 g/mol. The van der Waals surface area contributed by atoms with Crippen LogP contribution in [0.3, 0.4) is 0 Å². The predicted octanol–water partition coefficient (Wildman–Crippen LogP) is 6.31. The number of rotatable bonds is 13. The number of ether oxygens (including phenoxy) is 2. The van der Waals surface area contributed by atoms with Gasteiger partial charge in [-0.15, -0.1) is 21.5 Å². The smallest absolute Gasteiger partial charge is 0.253 e. The van der Waals surface area contributed by atoms with Crippen LogP contribution in [-0.4, -0.2) is 57.3 Å². The van der Waals surface area contributed by atoms with E-state index in [1.807, 2.05) is 83.6 Å². The number of carbonyl (C=O) groups excluding carboxylic acids is 2. The Kier molecular flexibility index (Phi) is 10.5. The molecule has 12 heteroatoms. The zero-order valence-electron chi connectivity index (χ0n) is 27.0. The minimum absolute atomic E-state index is 0.0864. The second-order valence-corrected chi connectivity index (χ2v) is 13.1. The first-order chi connectivity index (χ1) is 23.4. The first-order valence-electron chi connectivity index (χ1n) is 15.5. The van der Waals surface area contributed by atoms with Crippen LogP contribution < -0.4 is 14.8 Å². The van der Waals surface area contributed by atoms with Crippen LogP contribution >= 0.6 is 23.1 Å². The highest BCUT2D eigenvalue weighted by Crippen LogP contribution is 2.42. The number of amides is 2. The van der Waals surface area contributed by atoms with E-state index in [9.17, 15) is 9.59 Å². The van der Waals surface area contributed by atoms with Crippen molar-refractivity contribution in [1.82, 2.24) is 25.1 Å². The fraction of sp³-hybridized carbons (Fsp3) is 0.250. The topological polar surface area (TPSA) is 111 Å². The first kappa shape index (κ1) is 33.0. The van der Waals surface area contributed by atoms with Gasteiger partial charge in [-0.2, -0.15) is 5.10 Å². The van der Waals surface area contributed by atoms with Crippen molar-refractivity contribution in [3.05, 3.63) is 123 Å². The summed E-state index contributed by atoms with van der Waals surface area (Å²) in [5, 5.41) is 20.9. The fourth-order valence-electron chi connectivity index (χ4n) is 5.66. The van der Waals surface area contributed by atoms with Crippen LogP contribution in [0.4, 0.5) is 0 Å². The Hall–Kier alpha value is -4.94. The van der Waals surface area contributed by atoms with Crippen molar-refractivity contribution in [2.24, 2.45) is 5.10 Å². The number of hydrazone groups is 1. The molecule has 246 valence electrons. The highest BCUT2D eigenvalue weighted by atomic mass is 32.2. The number of nitrogens with zero attached hydrogens (tertiary/aromatic N) is 5. The molecule has 0 saturated heterocycles. The van der Waals surface area contributed by atoms with Crippen LogP contribution in [0.2, 0.25) is 0 Å². The molecule has 0 aliphatic carbocycles. The van der Waals surface area contributed by atoms with Crippen molar-refractivity contribution in [1.29, 1.82) is 0 Å². The maximum absolute atomic E-state index is 14.0. The Labute approximate surface area is 287 Å². The normalized spacial score (nSPS) is 14.1. The molecule has 3 heterocycles. The molecule has 1 aliphatic rings. The van der Waals surface area contributed by atoms with E-state index in [1.54, 1.807) is 36.6 Å². The maximum Gasteiger partial charge on any atom is 0.253 e. The number of thiophene rings is 1. The number of hydrogen-bond acceptors (Lipinski definition) is 9. The first-order valence-corrected chi connectivity index (χ1v) is 17.4. The molecule has 0 radical (unpaired) electrons. The SMILES string of the molecule is COc1cccc(C2CC(c3cccs3)=NN2C(=O)CSc2nnc(CNC(=O)c3cccc(C)c3)n2CCc2ccccc2)c1OC. The van der Waals surface area contributed by atoms with Crippen molar-refractivity contribution >= 4 is 40.6 Å². The largest absolute Gasteiger partial charge is 0.493 e. The van der Waals surface area contributed by atoms with E-state index in [2.05, 4.69) is 27.6 Å². The van der Waals surface area contributed by atoms with Gasteiger partial charge in [0.15, 0.2) is 22.5 Å². The molecule has 1 unspecified atom stereocenters. The molecule has 0 bridgehead atoms. The molecule has 10 nitrogen and oxygen atoms in total. The lowest BCUT2D eigenvalue weighted by atomic mass is 9.99. The molecule has 0 spiro atoms. The summed E-state index contributed by atoms with van der Waals surface area (Å²) >= 11 is 2.90. The molecule has 0 saturated carbocycles. The quantitative estimate of drug-likeness (QED) is 0.145. The minimum Gasteiger partial charge on any atom is -0.493 e. The molecule has 0 fully saturated rings. The molecular formula is C36H36N6O4S2. The summed E-state index contributed by atoms with van der Waals surface area (Å²) in [4.78, 5) is 27.9. The van der Waals surface area contributed by atoms with Gasteiger partial charge in [0.25, 0.3) is 11.8 Å². The molecule has 1 atom stereocenters. The standard InChI is InChI=1S/C36H36N6O4S2/c1-24-10-7-13-26(20-24)35(44)37-22-32-38-39-36(41(32)18-17-25-11-5-4-6-12-25)48-23-33(43)42-29(21-28(40-42)31-16-9-19-47-31)27-14-8-15-30(45-2)34(27)46-3/h4-16,19-20,29H,17-18,21-23H2,1-3H3,(H,37,44). The summed E-state index contributed by atoms with van der Waals surface area (Å²) in [6, 6.07) is 26.9. The molecule has 2 amide bonds. The number of para-hydroxylation sites is 1. The second-order valence-electron chi connectivity index (χ2n) is 11.2. The molecule has 48 heavy (non-hydrogen) atoms. The Balaban J connectivity index is 1.23. The third-order valence-electron chi connectivity index (χ3n) is 8.04. The number of thioether (sulfide) groups is 1. The Morgan fingerprint density at radius 3 is 2.56 bits per heavy atom. The van der Waals surface area contributed by atoms with Gasteiger partial charge < -0.3 is 19.4 Å². The summed E-state index contributed by atoms with van der Waals surface area (Å²) in [5.74, 6) is 1.51. The Morgan fingerprint density at radius 1 is 0.979 bits per heavy atom. The van der Waals surface area contributed by atoms with Crippen LogP contribution in [0.15, 0.2) is 101 Å². The minimum atomic E-state index is -0.372. The number of carbonyl (C=O) groups is 2. The number of aromatic nitrogens is 3. The van der Waals surface area contributed by atoms with Crippen molar-refractivity contribution in [2.75, 3.05) is 20.0 Å². The van der Waals surface area contributed by atoms with Gasteiger partial charge in [0.1, 0.15) is 0 Å². The van der Waals surface area contributed by atoms with E-state index in [0.717, 1.165) is 33.7 Å². The Morgan fingerprint density at radius 2 is 1.81 bits per heavy atom. The lowest BCUT2D eigenvalue weighted by molar-refractivity contribution is -0.130. The molecular weight excluding hydrogens is 645 g/mol. The third-order valence-corrected chi connectivity index (χ3v) is 9.91. The lowest BCUT2D eigenvalue weighted by Gasteiger charge is -2.24. The van der Waals surface area contributed by atoms with Crippen LogP contribution in [0, 0.1) is 6.92 Å². The molecule has 6 rings (SSSR count). The Bertz CT molecular complexity index is 1910. The summed E-state index contributed by atoms with van der Waals surface area (Å²) in [6.45, 7) is 2.73. The van der Waals surface area contributed by atoms with Crippen molar-refractivity contribution < 1.29 is 19.1 Å². The van der Waals surface area contributed by atoms with Gasteiger partial charge in [-0.3, -0.25) is 9.59 Å². The van der Waals surface area contributed by atoms with Crippen LogP contribution in [0.5, 0.6) is 11.5 Å².